The van der Waals surface area contributed by atoms with Crippen LogP contribution in [0.2, 0.25) is 0 Å². The van der Waals surface area contributed by atoms with Crippen molar-refractivity contribution in [1.82, 2.24) is 9.97 Å². The standard InChI is InChI=1S/C16H18N4O3/c1-19-8-9-20(12-7-5-4-6-11(12)19)16(21)13-14(22-2)17-10-18-15(13)23-3/h4-7,10H,8-9H2,1-3H3. The van der Waals surface area contributed by atoms with Crippen molar-refractivity contribution in [1.29, 1.82) is 0 Å². The van der Waals surface area contributed by atoms with Gasteiger partial charge in [0.05, 0.1) is 25.6 Å². The quantitative estimate of drug-likeness (QED) is 0.857. The summed E-state index contributed by atoms with van der Waals surface area (Å²) in [5, 5.41) is 0. The number of amides is 1. The first-order valence-corrected chi connectivity index (χ1v) is 7.22. The Kier molecular flexibility index (Phi) is 4.01. The number of rotatable bonds is 3. The summed E-state index contributed by atoms with van der Waals surface area (Å²) in [4.78, 5) is 25.0. The molecular weight excluding hydrogens is 296 g/mol. The van der Waals surface area contributed by atoms with E-state index in [2.05, 4.69) is 14.9 Å². The molecule has 0 fully saturated rings. The Morgan fingerprint density at radius 2 is 1.65 bits per heavy atom. The molecule has 0 atom stereocenters. The maximum absolute atomic E-state index is 13.1. The van der Waals surface area contributed by atoms with Gasteiger partial charge in [-0.1, -0.05) is 12.1 Å². The number of ether oxygens (including phenoxy) is 2. The van der Waals surface area contributed by atoms with Crippen molar-refractivity contribution in [3.8, 4) is 11.8 Å². The van der Waals surface area contributed by atoms with Gasteiger partial charge in [0, 0.05) is 20.1 Å². The molecule has 0 radical (unpaired) electrons. The number of nitrogens with zero attached hydrogens (tertiary/aromatic N) is 4. The predicted octanol–water partition coefficient (Wildman–Crippen LogP) is 1.59. The van der Waals surface area contributed by atoms with Crippen molar-refractivity contribution < 1.29 is 14.3 Å². The molecule has 0 bridgehead atoms. The normalized spacial score (nSPS) is 13.5. The van der Waals surface area contributed by atoms with E-state index in [4.69, 9.17) is 9.47 Å². The van der Waals surface area contributed by atoms with Crippen LogP contribution in [0.4, 0.5) is 11.4 Å². The lowest BCUT2D eigenvalue weighted by molar-refractivity contribution is 0.0979. The zero-order valence-electron chi connectivity index (χ0n) is 13.3. The van der Waals surface area contributed by atoms with E-state index in [1.807, 2.05) is 31.3 Å². The molecule has 2 heterocycles. The van der Waals surface area contributed by atoms with Crippen LogP contribution in [0.15, 0.2) is 30.6 Å². The molecule has 1 amide bonds. The Balaban J connectivity index is 2.07. The minimum atomic E-state index is -0.236. The first-order valence-electron chi connectivity index (χ1n) is 7.22. The number of hydrogen-bond donors (Lipinski definition) is 0. The van der Waals surface area contributed by atoms with Gasteiger partial charge in [0.25, 0.3) is 5.91 Å². The van der Waals surface area contributed by atoms with Crippen molar-refractivity contribution in [3.05, 3.63) is 36.2 Å². The fourth-order valence-corrected chi connectivity index (χ4v) is 2.70. The van der Waals surface area contributed by atoms with Gasteiger partial charge in [0.2, 0.25) is 11.8 Å². The van der Waals surface area contributed by atoms with Gasteiger partial charge in [0.15, 0.2) is 5.56 Å². The van der Waals surface area contributed by atoms with Gasteiger partial charge < -0.3 is 19.3 Å². The first kappa shape index (κ1) is 15.1. The number of benzene rings is 1. The molecule has 0 spiro atoms. The summed E-state index contributed by atoms with van der Waals surface area (Å²) in [6.45, 7) is 1.30. The first-order chi connectivity index (χ1) is 11.2. The number of aromatic nitrogens is 2. The molecule has 120 valence electrons. The zero-order chi connectivity index (χ0) is 16.4. The largest absolute Gasteiger partial charge is 0.480 e. The minimum absolute atomic E-state index is 0.207. The van der Waals surface area contributed by atoms with Gasteiger partial charge in [-0.2, -0.15) is 0 Å². The molecule has 2 aromatic rings. The van der Waals surface area contributed by atoms with E-state index in [1.54, 1.807) is 4.90 Å². The van der Waals surface area contributed by atoms with Crippen LogP contribution in [0, 0.1) is 0 Å². The van der Waals surface area contributed by atoms with E-state index in [9.17, 15) is 4.79 Å². The summed E-state index contributed by atoms with van der Waals surface area (Å²) in [7, 11) is 4.94. The van der Waals surface area contributed by atoms with Crippen LogP contribution in [0.25, 0.3) is 0 Å². The Bertz CT molecular complexity index is 713. The van der Waals surface area contributed by atoms with E-state index in [0.29, 0.717) is 6.54 Å². The minimum Gasteiger partial charge on any atom is -0.480 e. The van der Waals surface area contributed by atoms with Gasteiger partial charge >= 0.3 is 0 Å². The van der Waals surface area contributed by atoms with Crippen molar-refractivity contribution in [2.75, 3.05) is 44.2 Å². The number of hydrogen-bond acceptors (Lipinski definition) is 6. The van der Waals surface area contributed by atoms with Crippen LogP contribution in [0.3, 0.4) is 0 Å². The molecule has 1 aliphatic rings. The van der Waals surface area contributed by atoms with Crippen molar-refractivity contribution in [3.63, 3.8) is 0 Å². The second-order valence-electron chi connectivity index (χ2n) is 5.13. The van der Waals surface area contributed by atoms with E-state index in [0.717, 1.165) is 17.9 Å². The fourth-order valence-electron chi connectivity index (χ4n) is 2.70. The van der Waals surface area contributed by atoms with Gasteiger partial charge in [-0.05, 0) is 12.1 Å². The van der Waals surface area contributed by atoms with Gasteiger partial charge in [-0.15, -0.1) is 0 Å². The fraction of sp³-hybridized carbons (Fsp3) is 0.312. The smallest absolute Gasteiger partial charge is 0.269 e. The molecule has 1 aromatic heterocycles. The molecule has 0 saturated heterocycles. The maximum atomic E-state index is 13.1. The molecule has 1 aliphatic heterocycles. The average Bonchev–Trinajstić information content (AvgIpc) is 2.61. The molecule has 3 rings (SSSR count). The van der Waals surface area contributed by atoms with Crippen LogP contribution < -0.4 is 19.3 Å². The molecular formula is C16H18N4O3. The van der Waals surface area contributed by atoms with Crippen LogP contribution in [0.1, 0.15) is 10.4 Å². The summed E-state index contributed by atoms with van der Waals surface area (Å²) < 4.78 is 10.4. The lowest BCUT2D eigenvalue weighted by Crippen LogP contribution is -2.43. The number of methoxy groups -OCH3 is 2. The number of fused-ring (bicyclic) bond motifs is 1. The summed E-state index contributed by atoms with van der Waals surface area (Å²) in [5.41, 5.74) is 2.08. The Morgan fingerprint density at radius 1 is 1.04 bits per heavy atom. The third kappa shape index (κ3) is 2.54. The molecule has 7 heteroatoms. The summed E-state index contributed by atoms with van der Waals surface area (Å²) in [5.74, 6) is 0.177. The van der Waals surface area contributed by atoms with Crippen molar-refractivity contribution in [2.45, 2.75) is 0 Å². The topological polar surface area (TPSA) is 67.8 Å². The number of anilines is 2. The monoisotopic (exact) mass is 314 g/mol. The Morgan fingerprint density at radius 3 is 2.26 bits per heavy atom. The third-order valence-electron chi connectivity index (χ3n) is 3.87. The molecule has 23 heavy (non-hydrogen) atoms. The number of likely N-dealkylation sites (N-methyl/N-ethyl adjacent to an activating group) is 1. The van der Waals surface area contributed by atoms with Gasteiger partial charge in [-0.25, -0.2) is 9.97 Å². The molecule has 0 aliphatic carbocycles. The summed E-state index contributed by atoms with van der Waals surface area (Å²) in [6, 6.07) is 7.78. The highest BCUT2D eigenvalue weighted by Gasteiger charge is 2.31. The number of carbonyl (C=O) groups excluding carboxylic acids is 1. The third-order valence-corrected chi connectivity index (χ3v) is 3.87. The van der Waals surface area contributed by atoms with Crippen LogP contribution in [-0.2, 0) is 0 Å². The summed E-state index contributed by atoms with van der Waals surface area (Å²) >= 11 is 0. The van der Waals surface area contributed by atoms with E-state index in [1.165, 1.54) is 20.5 Å². The predicted molar refractivity (Wildman–Crippen MR) is 86.5 cm³/mol. The second kappa shape index (κ2) is 6.12. The molecule has 7 nitrogen and oxygen atoms in total. The van der Waals surface area contributed by atoms with E-state index >= 15 is 0 Å². The van der Waals surface area contributed by atoms with Gasteiger partial charge in [0.1, 0.15) is 6.33 Å². The van der Waals surface area contributed by atoms with Crippen LogP contribution >= 0.6 is 0 Å². The Labute approximate surface area is 134 Å². The summed E-state index contributed by atoms with van der Waals surface area (Å²) in [6.07, 6.45) is 1.31. The highest BCUT2D eigenvalue weighted by atomic mass is 16.5. The van der Waals surface area contributed by atoms with E-state index < -0.39 is 0 Å². The van der Waals surface area contributed by atoms with Crippen LogP contribution in [0.5, 0.6) is 11.8 Å². The maximum Gasteiger partial charge on any atom is 0.269 e. The number of carbonyl (C=O) groups is 1. The Hall–Kier alpha value is -2.83. The number of para-hydroxylation sites is 2. The second-order valence-corrected chi connectivity index (χ2v) is 5.13. The molecule has 0 saturated carbocycles. The molecule has 1 aromatic carbocycles. The highest BCUT2D eigenvalue weighted by Crippen LogP contribution is 2.35. The van der Waals surface area contributed by atoms with Crippen LogP contribution in [-0.4, -0.2) is 50.2 Å². The SMILES string of the molecule is COc1ncnc(OC)c1C(=O)N1CCN(C)c2ccccc21. The van der Waals surface area contributed by atoms with Gasteiger partial charge in [-0.3, -0.25) is 4.79 Å². The van der Waals surface area contributed by atoms with Crippen molar-refractivity contribution >= 4 is 17.3 Å². The average molecular weight is 314 g/mol. The molecule has 0 N–H and O–H groups in total. The zero-order valence-corrected chi connectivity index (χ0v) is 13.3. The van der Waals surface area contributed by atoms with Crippen molar-refractivity contribution in [2.24, 2.45) is 0 Å². The van der Waals surface area contributed by atoms with E-state index in [-0.39, 0.29) is 23.2 Å². The lowest BCUT2D eigenvalue weighted by Gasteiger charge is -2.35. The highest BCUT2D eigenvalue weighted by molar-refractivity contribution is 6.11. The molecule has 0 unspecified atom stereocenters. The lowest BCUT2D eigenvalue weighted by atomic mass is 10.1.